The van der Waals surface area contributed by atoms with Crippen molar-refractivity contribution < 1.29 is 9.53 Å². The van der Waals surface area contributed by atoms with Crippen LogP contribution in [-0.4, -0.2) is 62.2 Å². The third-order valence-corrected chi connectivity index (χ3v) is 5.25. The van der Waals surface area contributed by atoms with Crippen molar-refractivity contribution in [1.29, 1.82) is 0 Å². The first kappa shape index (κ1) is 22.9. The fraction of sp³-hybridized carbons (Fsp3) is 0.619. The Balaban J connectivity index is 0.00000280. The van der Waals surface area contributed by atoms with Crippen LogP contribution < -0.4 is 10.2 Å². The third kappa shape index (κ3) is 5.83. The first-order chi connectivity index (χ1) is 13.2. The Morgan fingerprint density at radius 2 is 1.96 bits per heavy atom. The van der Waals surface area contributed by atoms with E-state index in [-0.39, 0.29) is 36.4 Å². The molecule has 28 heavy (non-hydrogen) atoms. The number of piperidine rings is 1. The number of aliphatic imine (C=N–C) groups is 1. The van der Waals surface area contributed by atoms with Crippen molar-refractivity contribution in [3.05, 3.63) is 29.8 Å². The number of guanidine groups is 1. The van der Waals surface area contributed by atoms with Gasteiger partial charge in [0.1, 0.15) is 6.54 Å². The van der Waals surface area contributed by atoms with Gasteiger partial charge in [0.05, 0.1) is 6.10 Å². The summed E-state index contributed by atoms with van der Waals surface area (Å²) in [7, 11) is 0. The lowest BCUT2D eigenvalue weighted by atomic mass is 10.0. The van der Waals surface area contributed by atoms with Crippen LogP contribution in [0.25, 0.3) is 0 Å². The van der Waals surface area contributed by atoms with Crippen LogP contribution >= 0.6 is 24.0 Å². The van der Waals surface area contributed by atoms with Crippen molar-refractivity contribution >= 4 is 41.5 Å². The Morgan fingerprint density at radius 1 is 1.21 bits per heavy atom. The number of fused-ring (bicyclic) bond motifs is 1. The van der Waals surface area contributed by atoms with Crippen LogP contribution in [0.4, 0.5) is 5.69 Å². The molecule has 0 spiro atoms. The third-order valence-electron chi connectivity index (χ3n) is 5.25. The molecule has 0 aliphatic carbocycles. The largest absolute Gasteiger partial charge is 0.378 e. The fourth-order valence-electron chi connectivity index (χ4n) is 3.92. The molecule has 7 heteroatoms. The van der Waals surface area contributed by atoms with Gasteiger partial charge in [0.25, 0.3) is 0 Å². The normalized spacial score (nSPS) is 17.7. The van der Waals surface area contributed by atoms with Gasteiger partial charge < -0.3 is 19.9 Å². The van der Waals surface area contributed by atoms with E-state index >= 15 is 0 Å². The lowest BCUT2D eigenvalue weighted by Crippen LogP contribution is -2.47. The molecule has 1 N–H and O–H groups in total. The molecule has 0 unspecified atom stereocenters. The minimum absolute atomic E-state index is 0. The number of carbonyl (C=O) groups is 1. The Morgan fingerprint density at radius 3 is 2.68 bits per heavy atom. The molecule has 1 aromatic carbocycles. The summed E-state index contributed by atoms with van der Waals surface area (Å²) in [5.41, 5.74) is 2.30. The summed E-state index contributed by atoms with van der Waals surface area (Å²) in [4.78, 5) is 21.6. The maximum Gasteiger partial charge on any atom is 0.248 e. The number of amides is 1. The second kappa shape index (κ2) is 11.6. The number of nitrogens with one attached hydrogen (secondary N) is 1. The zero-order valence-electron chi connectivity index (χ0n) is 17.0. The molecular formula is C21H33IN4O2. The standard InChI is InChI=1S/C21H32N4O2.HI/c1-3-22-21(24-14-11-18(12-15-24)27-4-2)23-16-20(26)25-13-7-9-17-8-5-6-10-19(17)25;/h5-6,8,10,18H,3-4,7,9,11-16H2,1-2H3,(H,22,23);1H. The number of ether oxygens (including phenoxy) is 1. The summed E-state index contributed by atoms with van der Waals surface area (Å²) < 4.78 is 5.73. The average Bonchev–Trinajstić information content (AvgIpc) is 2.71. The Hall–Kier alpha value is -1.35. The van der Waals surface area contributed by atoms with E-state index in [2.05, 4.69) is 28.2 Å². The molecule has 1 aromatic rings. The van der Waals surface area contributed by atoms with Crippen LogP contribution in [0.5, 0.6) is 0 Å². The van der Waals surface area contributed by atoms with E-state index in [1.807, 2.05) is 30.0 Å². The number of hydrogen-bond acceptors (Lipinski definition) is 3. The lowest BCUT2D eigenvalue weighted by Gasteiger charge is -2.34. The summed E-state index contributed by atoms with van der Waals surface area (Å²) in [5, 5.41) is 3.34. The summed E-state index contributed by atoms with van der Waals surface area (Å²) in [6, 6.07) is 8.20. The van der Waals surface area contributed by atoms with Crippen molar-refractivity contribution in [3.8, 4) is 0 Å². The Labute approximate surface area is 185 Å². The number of aryl methyl sites for hydroxylation is 1. The maximum atomic E-state index is 12.8. The first-order valence-corrected chi connectivity index (χ1v) is 10.3. The zero-order valence-corrected chi connectivity index (χ0v) is 19.4. The number of carbonyl (C=O) groups excluding carboxylic acids is 1. The van der Waals surface area contributed by atoms with Gasteiger partial charge in [0.2, 0.25) is 5.91 Å². The van der Waals surface area contributed by atoms with Crippen molar-refractivity contribution in [2.45, 2.75) is 45.6 Å². The van der Waals surface area contributed by atoms with E-state index in [9.17, 15) is 4.79 Å². The smallest absolute Gasteiger partial charge is 0.248 e. The zero-order chi connectivity index (χ0) is 19.1. The molecule has 0 bridgehead atoms. The molecule has 2 aliphatic rings. The molecule has 2 aliphatic heterocycles. The van der Waals surface area contributed by atoms with E-state index in [1.54, 1.807) is 0 Å². The van der Waals surface area contributed by atoms with Crippen molar-refractivity contribution in [3.63, 3.8) is 0 Å². The minimum atomic E-state index is 0. The highest BCUT2D eigenvalue weighted by Crippen LogP contribution is 2.26. The summed E-state index contributed by atoms with van der Waals surface area (Å²) in [5.74, 6) is 0.910. The second-order valence-electron chi connectivity index (χ2n) is 7.09. The van der Waals surface area contributed by atoms with Gasteiger partial charge in [-0.15, -0.1) is 24.0 Å². The van der Waals surface area contributed by atoms with Gasteiger partial charge in [-0.3, -0.25) is 4.79 Å². The Bertz CT molecular complexity index is 660. The number of halogens is 1. The molecule has 0 aromatic heterocycles. The average molecular weight is 500 g/mol. The van der Waals surface area contributed by atoms with Crippen molar-refractivity contribution in [2.75, 3.05) is 44.2 Å². The molecule has 1 fully saturated rings. The molecule has 0 saturated carbocycles. The quantitative estimate of drug-likeness (QED) is 0.384. The summed E-state index contributed by atoms with van der Waals surface area (Å²) >= 11 is 0. The molecule has 3 rings (SSSR count). The number of rotatable bonds is 5. The maximum absolute atomic E-state index is 12.8. The van der Waals surface area contributed by atoms with Crippen LogP contribution in [0.1, 0.15) is 38.7 Å². The summed E-state index contributed by atoms with van der Waals surface area (Å²) in [6.07, 6.45) is 4.41. The molecule has 0 atom stereocenters. The van der Waals surface area contributed by atoms with E-state index < -0.39 is 0 Å². The fourth-order valence-corrected chi connectivity index (χ4v) is 3.92. The van der Waals surface area contributed by atoms with E-state index in [0.717, 1.165) is 70.1 Å². The van der Waals surface area contributed by atoms with Crippen LogP contribution in [0, 0.1) is 0 Å². The van der Waals surface area contributed by atoms with E-state index in [4.69, 9.17) is 4.74 Å². The molecular weight excluding hydrogens is 467 g/mol. The second-order valence-corrected chi connectivity index (χ2v) is 7.09. The van der Waals surface area contributed by atoms with Gasteiger partial charge >= 0.3 is 0 Å². The number of para-hydroxylation sites is 1. The number of hydrogen-bond donors (Lipinski definition) is 1. The SMILES string of the molecule is CCNC(=NCC(=O)N1CCCc2ccccc21)N1CCC(OCC)CC1.I. The molecule has 156 valence electrons. The molecule has 1 amide bonds. The molecule has 6 nitrogen and oxygen atoms in total. The van der Waals surface area contributed by atoms with Gasteiger partial charge in [-0.1, -0.05) is 18.2 Å². The van der Waals surface area contributed by atoms with Crippen LogP contribution in [0.3, 0.4) is 0 Å². The van der Waals surface area contributed by atoms with Crippen LogP contribution in [-0.2, 0) is 16.0 Å². The molecule has 1 saturated heterocycles. The van der Waals surface area contributed by atoms with Gasteiger partial charge in [-0.25, -0.2) is 4.99 Å². The van der Waals surface area contributed by atoms with E-state index in [0.29, 0.717) is 6.10 Å². The highest BCUT2D eigenvalue weighted by molar-refractivity contribution is 14.0. The number of likely N-dealkylation sites (tertiary alicyclic amines) is 1. The van der Waals surface area contributed by atoms with Crippen LogP contribution in [0.15, 0.2) is 29.3 Å². The first-order valence-electron chi connectivity index (χ1n) is 10.3. The predicted octanol–water partition coefficient (Wildman–Crippen LogP) is 3.05. The number of benzene rings is 1. The van der Waals surface area contributed by atoms with E-state index in [1.165, 1.54) is 5.56 Å². The Kier molecular flexibility index (Phi) is 9.50. The van der Waals surface area contributed by atoms with Gasteiger partial charge in [0.15, 0.2) is 5.96 Å². The van der Waals surface area contributed by atoms with Gasteiger partial charge in [0, 0.05) is 38.5 Å². The van der Waals surface area contributed by atoms with Gasteiger partial charge in [-0.2, -0.15) is 0 Å². The molecule has 0 radical (unpaired) electrons. The summed E-state index contributed by atoms with van der Waals surface area (Å²) in [6.45, 7) is 8.46. The van der Waals surface area contributed by atoms with Crippen molar-refractivity contribution in [1.82, 2.24) is 10.2 Å². The van der Waals surface area contributed by atoms with Crippen LogP contribution in [0.2, 0.25) is 0 Å². The number of anilines is 1. The predicted molar refractivity (Wildman–Crippen MR) is 125 cm³/mol. The highest BCUT2D eigenvalue weighted by Gasteiger charge is 2.24. The minimum Gasteiger partial charge on any atom is -0.378 e. The van der Waals surface area contributed by atoms with Gasteiger partial charge in [-0.05, 0) is 51.2 Å². The highest BCUT2D eigenvalue weighted by atomic mass is 127. The topological polar surface area (TPSA) is 57.2 Å². The monoisotopic (exact) mass is 500 g/mol. The molecule has 2 heterocycles. The number of nitrogens with zero attached hydrogens (tertiary/aromatic N) is 3. The lowest BCUT2D eigenvalue weighted by molar-refractivity contribution is -0.117. The van der Waals surface area contributed by atoms with Crippen molar-refractivity contribution in [2.24, 2.45) is 4.99 Å².